The van der Waals surface area contributed by atoms with Crippen molar-refractivity contribution in [1.82, 2.24) is 9.88 Å². The van der Waals surface area contributed by atoms with Gasteiger partial charge >= 0.3 is 0 Å². The Morgan fingerprint density at radius 3 is 2.56 bits per heavy atom. The molecule has 6 nitrogen and oxygen atoms in total. The molecule has 3 heterocycles. The number of hydrogen-bond acceptors (Lipinski definition) is 4. The smallest absolute Gasteiger partial charge is 0.291 e. The van der Waals surface area contributed by atoms with E-state index >= 15 is 0 Å². The minimum Gasteiger partial charge on any atom is -0.459 e. The number of anilines is 1. The Morgan fingerprint density at radius 2 is 1.85 bits per heavy atom. The molecule has 0 spiro atoms. The molecule has 0 bridgehead atoms. The third-order valence-electron chi connectivity index (χ3n) is 4.74. The summed E-state index contributed by atoms with van der Waals surface area (Å²) in [7, 11) is 0. The number of likely N-dealkylation sites (tertiary alicyclic amines) is 1. The van der Waals surface area contributed by atoms with Gasteiger partial charge in [-0.15, -0.1) is 0 Å². The van der Waals surface area contributed by atoms with Gasteiger partial charge in [-0.25, -0.2) is 0 Å². The fraction of sp³-hybridized carbons (Fsp3) is 0.190. The van der Waals surface area contributed by atoms with Crippen LogP contribution in [0.15, 0.2) is 71.6 Å². The molecule has 0 saturated carbocycles. The molecule has 1 aromatic carbocycles. The van der Waals surface area contributed by atoms with Crippen LogP contribution >= 0.6 is 0 Å². The first-order valence-electron chi connectivity index (χ1n) is 8.88. The van der Waals surface area contributed by atoms with E-state index < -0.39 is 0 Å². The first-order chi connectivity index (χ1) is 13.2. The molecule has 1 saturated heterocycles. The normalized spacial score (nSPS) is 16.3. The van der Waals surface area contributed by atoms with Crippen LogP contribution in [0.4, 0.5) is 5.69 Å². The number of aromatic nitrogens is 1. The number of benzene rings is 1. The Morgan fingerprint density at radius 1 is 1.07 bits per heavy atom. The van der Waals surface area contributed by atoms with Crippen molar-refractivity contribution < 1.29 is 14.0 Å². The number of carbonyl (C=O) groups excluding carboxylic acids is 2. The maximum Gasteiger partial charge on any atom is 0.291 e. The van der Waals surface area contributed by atoms with Crippen LogP contribution in [0.3, 0.4) is 0 Å². The van der Waals surface area contributed by atoms with Crippen LogP contribution < -0.4 is 5.32 Å². The van der Waals surface area contributed by atoms with E-state index in [0.717, 1.165) is 24.9 Å². The van der Waals surface area contributed by atoms with Gasteiger partial charge < -0.3 is 14.6 Å². The summed E-state index contributed by atoms with van der Waals surface area (Å²) in [5.74, 6) is -0.0815. The van der Waals surface area contributed by atoms with Crippen LogP contribution in [-0.2, 0) is 0 Å². The molecular weight excluding hydrogens is 342 g/mol. The average molecular weight is 361 g/mol. The van der Waals surface area contributed by atoms with Crippen molar-refractivity contribution in [3.63, 3.8) is 0 Å². The number of nitrogens with zero attached hydrogens (tertiary/aromatic N) is 2. The molecule has 4 rings (SSSR count). The van der Waals surface area contributed by atoms with Crippen LogP contribution in [0.2, 0.25) is 0 Å². The molecular formula is C21H19N3O3. The summed E-state index contributed by atoms with van der Waals surface area (Å²) in [5, 5.41) is 2.75. The summed E-state index contributed by atoms with van der Waals surface area (Å²) in [4.78, 5) is 30.9. The summed E-state index contributed by atoms with van der Waals surface area (Å²) in [6.45, 7) is 0.739. The van der Waals surface area contributed by atoms with Gasteiger partial charge in [-0.2, -0.15) is 0 Å². The van der Waals surface area contributed by atoms with Crippen LogP contribution in [0.1, 0.15) is 45.4 Å². The van der Waals surface area contributed by atoms with E-state index in [9.17, 15) is 9.59 Å². The molecule has 1 aliphatic rings. The second-order valence-corrected chi connectivity index (χ2v) is 6.45. The third-order valence-corrected chi connectivity index (χ3v) is 4.74. The summed E-state index contributed by atoms with van der Waals surface area (Å²) < 4.78 is 5.07. The highest BCUT2D eigenvalue weighted by Gasteiger charge is 2.30. The number of furan rings is 1. The van der Waals surface area contributed by atoms with E-state index in [1.54, 1.807) is 48.8 Å². The Bertz CT molecular complexity index is 921. The summed E-state index contributed by atoms with van der Waals surface area (Å²) in [5.41, 5.74) is 2.32. The fourth-order valence-electron chi connectivity index (χ4n) is 3.40. The van der Waals surface area contributed by atoms with E-state index in [2.05, 4.69) is 10.3 Å². The zero-order valence-corrected chi connectivity index (χ0v) is 14.7. The molecule has 0 radical (unpaired) electrons. The number of pyridine rings is 1. The van der Waals surface area contributed by atoms with Gasteiger partial charge in [0, 0.05) is 30.2 Å². The van der Waals surface area contributed by atoms with Crippen molar-refractivity contribution in [2.45, 2.75) is 18.9 Å². The largest absolute Gasteiger partial charge is 0.459 e. The second kappa shape index (κ2) is 7.45. The molecule has 27 heavy (non-hydrogen) atoms. The Labute approximate surface area is 156 Å². The molecule has 1 fully saturated rings. The van der Waals surface area contributed by atoms with Crippen molar-refractivity contribution >= 4 is 17.5 Å². The number of rotatable bonds is 4. The van der Waals surface area contributed by atoms with Gasteiger partial charge in [-0.05, 0) is 66.9 Å². The highest BCUT2D eigenvalue weighted by Crippen LogP contribution is 2.32. The van der Waals surface area contributed by atoms with Gasteiger partial charge in [0.2, 0.25) is 0 Å². The molecule has 1 atom stereocenters. The van der Waals surface area contributed by atoms with Gasteiger partial charge in [0.1, 0.15) is 0 Å². The fourth-order valence-corrected chi connectivity index (χ4v) is 3.40. The molecule has 6 heteroatoms. The average Bonchev–Trinajstić information content (AvgIpc) is 3.41. The standard InChI is InChI=1S/C21H19N3O3/c25-20(19-4-2-14-27-19)23-17-7-5-16(6-8-17)21(26)24-13-1-3-18(24)15-9-11-22-12-10-15/h2,4-12,14,18H,1,3,13H2,(H,23,25). The first kappa shape index (κ1) is 17.0. The van der Waals surface area contributed by atoms with Gasteiger partial charge in [-0.1, -0.05) is 0 Å². The number of carbonyl (C=O) groups is 2. The Kier molecular flexibility index (Phi) is 4.70. The van der Waals surface area contributed by atoms with Crippen LogP contribution in [-0.4, -0.2) is 28.2 Å². The quantitative estimate of drug-likeness (QED) is 0.765. The summed E-state index contributed by atoms with van der Waals surface area (Å²) in [6, 6.07) is 14.2. The minimum absolute atomic E-state index is 0.00165. The molecule has 3 aromatic rings. The lowest BCUT2D eigenvalue weighted by Gasteiger charge is -2.25. The van der Waals surface area contributed by atoms with E-state index in [-0.39, 0.29) is 23.6 Å². The van der Waals surface area contributed by atoms with Crippen molar-refractivity contribution in [3.05, 3.63) is 84.1 Å². The summed E-state index contributed by atoms with van der Waals surface area (Å²) in [6.07, 6.45) is 6.90. The van der Waals surface area contributed by atoms with Crippen molar-refractivity contribution in [3.8, 4) is 0 Å². The second-order valence-electron chi connectivity index (χ2n) is 6.45. The molecule has 1 aliphatic heterocycles. The maximum atomic E-state index is 13.0. The monoisotopic (exact) mass is 361 g/mol. The SMILES string of the molecule is O=C(Nc1ccc(C(=O)N2CCCC2c2ccncc2)cc1)c1ccco1. The highest BCUT2D eigenvalue weighted by atomic mass is 16.3. The Balaban J connectivity index is 1.47. The minimum atomic E-state index is -0.323. The van der Waals surface area contributed by atoms with E-state index in [0.29, 0.717) is 11.3 Å². The van der Waals surface area contributed by atoms with Crippen LogP contribution in [0.5, 0.6) is 0 Å². The maximum absolute atomic E-state index is 13.0. The van der Waals surface area contributed by atoms with Gasteiger partial charge in [0.25, 0.3) is 11.8 Å². The topological polar surface area (TPSA) is 75.4 Å². The first-order valence-corrected chi connectivity index (χ1v) is 8.88. The molecule has 2 aromatic heterocycles. The van der Waals surface area contributed by atoms with E-state index in [1.807, 2.05) is 17.0 Å². The predicted molar refractivity (Wildman–Crippen MR) is 100 cm³/mol. The molecule has 1 N–H and O–H groups in total. The lowest BCUT2D eigenvalue weighted by molar-refractivity contribution is 0.0735. The zero-order chi connectivity index (χ0) is 18.6. The zero-order valence-electron chi connectivity index (χ0n) is 14.7. The van der Waals surface area contributed by atoms with Crippen LogP contribution in [0.25, 0.3) is 0 Å². The number of hydrogen-bond donors (Lipinski definition) is 1. The predicted octanol–water partition coefficient (Wildman–Crippen LogP) is 3.90. The lowest BCUT2D eigenvalue weighted by atomic mass is 10.1. The van der Waals surface area contributed by atoms with Crippen molar-refractivity contribution in [2.75, 3.05) is 11.9 Å². The highest BCUT2D eigenvalue weighted by molar-refractivity contribution is 6.02. The third kappa shape index (κ3) is 3.60. The van der Waals surface area contributed by atoms with Crippen molar-refractivity contribution in [1.29, 1.82) is 0 Å². The van der Waals surface area contributed by atoms with Gasteiger partial charge in [0.05, 0.1) is 12.3 Å². The summed E-state index contributed by atoms with van der Waals surface area (Å²) >= 11 is 0. The Hall–Kier alpha value is -3.41. The van der Waals surface area contributed by atoms with E-state index in [4.69, 9.17) is 4.42 Å². The lowest BCUT2D eigenvalue weighted by Crippen LogP contribution is -2.30. The molecule has 136 valence electrons. The molecule has 2 amide bonds. The van der Waals surface area contributed by atoms with Crippen LogP contribution in [0, 0.1) is 0 Å². The number of nitrogens with one attached hydrogen (secondary N) is 1. The molecule has 1 unspecified atom stereocenters. The van der Waals surface area contributed by atoms with Crippen molar-refractivity contribution in [2.24, 2.45) is 0 Å². The number of amides is 2. The molecule has 0 aliphatic carbocycles. The van der Waals surface area contributed by atoms with Gasteiger partial charge in [0.15, 0.2) is 5.76 Å². The van der Waals surface area contributed by atoms with Gasteiger partial charge in [-0.3, -0.25) is 14.6 Å². The van der Waals surface area contributed by atoms with E-state index in [1.165, 1.54) is 6.26 Å².